The molecule has 1 aromatic heterocycles. The van der Waals surface area contributed by atoms with Crippen LogP contribution in [0.1, 0.15) is 28.6 Å². The maximum absolute atomic E-state index is 13.5. The van der Waals surface area contributed by atoms with Crippen molar-refractivity contribution < 1.29 is 19.0 Å². The van der Waals surface area contributed by atoms with Gasteiger partial charge in [-0.2, -0.15) is 0 Å². The Labute approximate surface area is 128 Å². The number of carbonyl (C=O) groups is 1. The van der Waals surface area contributed by atoms with Crippen molar-refractivity contribution in [2.45, 2.75) is 12.5 Å². The lowest BCUT2D eigenvalue weighted by Gasteiger charge is -2.12. The zero-order chi connectivity index (χ0) is 16.1. The third-order valence-corrected chi connectivity index (χ3v) is 3.44. The van der Waals surface area contributed by atoms with Crippen molar-refractivity contribution in [1.82, 2.24) is 9.88 Å². The first-order valence-corrected chi connectivity index (χ1v) is 6.94. The van der Waals surface area contributed by atoms with Crippen LogP contribution in [0.4, 0.5) is 4.39 Å². The van der Waals surface area contributed by atoms with Crippen LogP contribution >= 0.6 is 0 Å². The van der Waals surface area contributed by atoms with Crippen molar-refractivity contribution in [1.29, 1.82) is 0 Å². The lowest BCUT2D eigenvalue weighted by Crippen LogP contribution is -2.26. The van der Waals surface area contributed by atoms with Gasteiger partial charge in [-0.1, -0.05) is 0 Å². The summed E-state index contributed by atoms with van der Waals surface area (Å²) in [5, 5.41) is 12.7. The SMILES string of the molecule is COc1ccc(C(=O)NCC[C@H](O)c2cccn2C)cc1F. The fourth-order valence-electron chi connectivity index (χ4n) is 2.20. The molecule has 0 aliphatic rings. The molecule has 0 saturated heterocycles. The topological polar surface area (TPSA) is 63.5 Å². The van der Waals surface area contributed by atoms with Crippen LogP contribution in [0, 0.1) is 5.82 Å². The van der Waals surface area contributed by atoms with E-state index in [4.69, 9.17) is 4.74 Å². The molecule has 5 nitrogen and oxygen atoms in total. The number of aromatic nitrogens is 1. The Morgan fingerprint density at radius 3 is 2.82 bits per heavy atom. The number of aryl methyl sites for hydroxylation is 1. The smallest absolute Gasteiger partial charge is 0.251 e. The second-order valence-corrected chi connectivity index (χ2v) is 4.95. The zero-order valence-corrected chi connectivity index (χ0v) is 12.5. The number of rotatable bonds is 6. The van der Waals surface area contributed by atoms with E-state index in [1.54, 1.807) is 0 Å². The molecular formula is C16H19FN2O3. The Kier molecular flexibility index (Phi) is 5.16. The Morgan fingerprint density at radius 2 is 2.23 bits per heavy atom. The molecule has 0 aliphatic carbocycles. The van der Waals surface area contributed by atoms with E-state index in [-0.39, 0.29) is 17.2 Å². The predicted molar refractivity (Wildman–Crippen MR) is 80.3 cm³/mol. The molecule has 0 spiro atoms. The van der Waals surface area contributed by atoms with Crippen molar-refractivity contribution >= 4 is 5.91 Å². The monoisotopic (exact) mass is 306 g/mol. The Morgan fingerprint density at radius 1 is 1.45 bits per heavy atom. The van der Waals surface area contributed by atoms with Crippen LogP contribution in [0.15, 0.2) is 36.5 Å². The summed E-state index contributed by atoms with van der Waals surface area (Å²) < 4.78 is 20.2. The number of nitrogens with zero attached hydrogens (tertiary/aromatic N) is 1. The summed E-state index contributed by atoms with van der Waals surface area (Å²) in [5.74, 6) is -0.879. The molecular weight excluding hydrogens is 287 g/mol. The number of halogens is 1. The van der Waals surface area contributed by atoms with E-state index >= 15 is 0 Å². The lowest BCUT2D eigenvalue weighted by atomic mass is 10.1. The molecule has 22 heavy (non-hydrogen) atoms. The Bertz CT molecular complexity index is 655. The van der Waals surface area contributed by atoms with E-state index in [1.165, 1.54) is 19.2 Å². The van der Waals surface area contributed by atoms with E-state index < -0.39 is 11.9 Å². The largest absolute Gasteiger partial charge is 0.494 e. The van der Waals surface area contributed by atoms with Gasteiger partial charge in [0, 0.05) is 31.0 Å². The van der Waals surface area contributed by atoms with Gasteiger partial charge in [-0.3, -0.25) is 4.79 Å². The van der Waals surface area contributed by atoms with Crippen molar-refractivity contribution in [3.8, 4) is 5.75 Å². The molecule has 0 bridgehead atoms. The molecule has 0 fully saturated rings. The highest BCUT2D eigenvalue weighted by Gasteiger charge is 2.13. The number of benzene rings is 1. The molecule has 0 radical (unpaired) electrons. The second kappa shape index (κ2) is 7.09. The normalized spacial score (nSPS) is 12.0. The highest BCUT2D eigenvalue weighted by atomic mass is 19.1. The first-order chi connectivity index (χ1) is 10.5. The quantitative estimate of drug-likeness (QED) is 0.858. The molecule has 0 saturated carbocycles. The van der Waals surface area contributed by atoms with Crippen LogP contribution in [-0.2, 0) is 7.05 Å². The summed E-state index contributed by atoms with van der Waals surface area (Å²) in [4.78, 5) is 11.9. The minimum Gasteiger partial charge on any atom is -0.494 e. The van der Waals surface area contributed by atoms with E-state index in [0.29, 0.717) is 13.0 Å². The Hall–Kier alpha value is -2.34. The summed E-state index contributed by atoms with van der Waals surface area (Å²) in [6.45, 7) is 0.291. The number of nitrogens with one attached hydrogen (secondary N) is 1. The van der Waals surface area contributed by atoms with Gasteiger partial charge in [-0.05, 0) is 36.8 Å². The molecule has 6 heteroatoms. The number of hydrogen-bond donors (Lipinski definition) is 2. The van der Waals surface area contributed by atoms with Gasteiger partial charge in [0.2, 0.25) is 0 Å². The van der Waals surface area contributed by atoms with Crippen LogP contribution in [0.25, 0.3) is 0 Å². The molecule has 2 N–H and O–H groups in total. The number of aliphatic hydroxyl groups excluding tert-OH is 1. The first kappa shape index (κ1) is 16.0. The predicted octanol–water partition coefficient (Wildman–Crippen LogP) is 2.03. The Balaban J connectivity index is 1.88. The maximum atomic E-state index is 13.5. The number of carbonyl (C=O) groups excluding carboxylic acids is 1. The molecule has 1 amide bonds. The molecule has 1 aromatic carbocycles. The van der Waals surface area contributed by atoms with Crippen molar-refractivity contribution in [3.63, 3.8) is 0 Å². The molecule has 1 heterocycles. The van der Waals surface area contributed by atoms with Gasteiger partial charge < -0.3 is 19.7 Å². The molecule has 118 valence electrons. The number of hydrogen-bond acceptors (Lipinski definition) is 3. The second-order valence-electron chi connectivity index (χ2n) is 4.95. The summed E-state index contributed by atoms with van der Waals surface area (Å²) in [6, 6.07) is 7.69. The van der Waals surface area contributed by atoms with Crippen LogP contribution in [-0.4, -0.2) is 29.2 Å². The van der Waals surface area contributed by atoms with Crippen LogP contribution in [0.3, 0.4) is 0 Å². The minimum absolute atomic E-state index is 0.0932. The molecule has 2 aromatic rings. The maximum Gasteiger partial charge on any atom is 0.251 e. The van der Waals surface area contributed by atoms with Gasteiger partial charge in [-0.25, -0.2) is 4.39 Å². The van der Waals surface area contributed by atoms with E-state index in [9.17, 15) is 14.3 Å². The molecule has 0 unspecified atom stereocenters. The first-order valence-electron chi connectivity index (χ1n) is 6.94. The van der Waals surface area contributed by atoms with Crippen LogP contribution in [0.5, 0.6) is 5.75 Å². The third-order valence-electron chi connectivity index (χ3n) is 3.44. The standard InChI is InChI=1S/C16H19FN2O3/c1-19-9-3-4-13(19)14(20)7-8-18-16(21)11-5-6-15(22-2)12(17)10-11/h3-6,9-10,14,20H,7-8H2,1-2H3,(H,18,21)/t14-/m0/s1. The summed E-state index contributed by atoms with van der Waals surface area (Å²) in [6.07, 6.45) is 1.56. The van der Waals surface area contributed by atoms with E-state index in [1.807, 2.05) is 29.9 Å². The van der Waals surface area contributed by atoms with Gasteiger partial charge in [-0.15, -0.1) is 0 Å². The fraction of sp³-hybridized carbons (Fsp3) is 0.312. The summed E-state index contributed by atoms with van der Waals surface area (Å²) in [5.41, 5.74) is 0.997. The number of methoxy groups -OCH3 is 1. The minimum atomic E-state index is -0.659. The molecule has 2 rings (SSSR count). The van der Waals surface area contributed by atoms with Gasteiger partial charge in [0.1, 0.15) is 0 Å². The highest BCUT2D eigenvalue weighted by Crippen LogP contribution is 2.18. The summed E-state index contributed by atoms with van der Waals surface area (Å²) >= 11 is 0. The zero-order valence-electron chi connectivity index (χ0n) is 12.5. The van der Waals surface area contributed by atoms with Gasteiger partial charge in [0.15, 0.2) is 11.6 Å². The van der Waals surface area contributed by atoms with Crippen LogP contribution < -0.4 is 10.1 Å². The molecule has 0 aliphatic heterocycles. The van der Waals surface area contributed by atoms with Crippen LogP contribution in [0.2, 0.25) is 0 Å². The van der Waals surface area contributed by atoms with Gasteiger partial charge in [0.25, 0.3) is 5.91 Å². The van der Waals surface area contributed by atoms with E-state index in [0.717, 1.165) is 11.8 Å². The van der Waals surface area contributed by atoms with Crippen molar-refractivity contribution in [2.24, 2.45) is 7.05 Å². The fourth-order valence-corrected chi connectivity index (χ4v) is 2.20. The van der Waals surface area contributed by atoms with E-state index in [2.05, 4.69) is 5.32 Å². The average Bonchev–Trinajstić information content (AvgIpc) is 2.93. The van der Waals surface area contributed by atoms with Gasteiger partial charge >= 0.3 is 0 Å². The van der Waals surface area contributed by atoms with Crippen molar-refractivity contribution in [2.75, 3.05) is 13.7 Å². The van der Waals surface area contributed by atoms with Gasteiger partial charge in [0.05, 0.1) is 13.2 Å². The average molecular weight is 306 g/mol. The third kappa shape index (κ3) is 3.65. The highest BCUT2D eigenvalue weighted by molar-refractivity contribution is 5.94. The molecule has 1 atom stereocenters. The number of aliphatic hydroxyl groups is 1. The number of ether oxygens (including phenoxy) is 1. The van der Waals surface area contributed by atoms with Crippen molar-refractivity contribution in [3.05, 3.63) is 53.6 Å². The summed E-state index contributed by atoms with van der Waals surface area (Å²) in [7, 11) is 3.21. The number of amides is 1. The lowest BCUT2D eigenvalue weighted by molar-refractivity contribution is 0.0940.